The maximum Gasteiger partial charge on any atom is 0.289 e. The van der Waals surface area contributed by atoms with E-state index in [2.05, 4.69) is 4.72 Å². The predicted octanol–water partition coefficient (Wildman–Crippen LogP) is 2.79. The number of hydrogen-bond donors (Lipinski definition) is 1. The molecule has 1 N–H and O–H groups in total. The smallest absolute Gasteiger partial charge is 0.283 e. The zero-order chi connectivity index (χ0) is 14.0. The molecule has 0 radical (unpaired) electrons. The number of rotatable bonds is 6. The van der Waals surface area contributed by atoms with Crippen LogP contribution in [0.15, 0.2) is 18.2 Å². The Morgan fingerprint density at radius 2 is 2.11 bits per heavy atom. The lowest BCUT2D eigenvalue weighted by Gasteiger charge is -2.07. The molecule has 1 aromatic carbocycles. The highest BCUT2D eigenvalue weighted by Crippen LogP contribution is 2.33. The van der Waals surface area contributed by atoms with E-state index in [-0.39, 0.29) is 22.2 Å². The number of benzene rings is 1. The van der Waals surface area contributed by atoms with Gasteiger partial charge in [-0.25, -0.2) is 8.42 Å². The summed E-state index contributed by atoms with van der Waals surface area (Å²) in [6, 6.07) is 3.83. The Kier molecular flexibility index (Phi) is 3.96. The number of nitrogens with one attached hydrogen (secondary N) is 1. The third-order valence-electron chi connectivity index (χ3n) is 2.91. The summed E-state index contributed by atoms with van der Waals surface area (Å²) in [5.74, 6) is 0.546. The summed E-state index contributed by atoms with van der Waals surface area (Å²) < 4.78 is 25.9. The Morgan fingerprint density at radius 3 is 2.68 bits per heavy atom. The number of nitrogens with zero attached hydrogens (tertiary/aromatic N) is 1. The van der Waals surface area contributed by atoms with E-state index in [1.807, 2.05) is 0 Å². The molecule has 1 fully saturated rings. The predicted molar refractivity (Wildman–Crippen MR) is 72.9 cm³/mol. The highest BCUT2D eigenvalue weighted by atomic mass is 35.5. The van der Waals surface area contributed by atoms with Gasteiger partial charge in [0, 0.05) is 6.07 Å². The van der Waals surface area contributed by atoms with Gasteiger partial charge in [-0.05, 0) is 24.5 Å². The molecule has 0 aromatic heterocycles. The van der Waals surface area contributed by atoms with Crippen molar-refractivity contribution in [3.63, 3.8) is 0 Å². The molecular formula is C11H13ClN2O4S. The summed E-state index contributed by atoms with van der Waals surface area (Å²) in [7, 11) is -3.46. The normalized spacial score (nSPS) is 15.2. The number of anilines is 1. The fourth-order valence-corrected chi connectivity index (χ4v) is 3.09. The number of halogens is 1. The standard InChI is InChI=1S/C11H13ClN2O4S/c12-10-4-3-9(7-11(10)14(15)16)13-19(17,18)6-5-8-1-2-8/h3-4,7-8,13H,1-2,5-6H2. The van der Waals surface area contributed by atoms with Crippen LogP contribution < -0.4 is 4.72 Å². The number of nitro benzene ring substituents is 1. The van der Waals surface area contributed by atoms with Gasteiger partial charge in [-0.2, -0.15) is 0 Å². The minimum Gasteiger partial charge on any atom is -0.283 e. The molecule has 0 aliphatic heterocycles. The van der Waals surface area contributed by atoms with Crippen LogP contribution in [-0.2, 0) is 10.0 Å². The molecule has 1 aliphatic carbocycles. The van der Waals surface area contributed by atoms with Crippen molar-refractivity contribution >= 4 is 33.0 Å². The lowest BCUT2D eigenvalue weighted by molar-refractivity contribution is -0.384. The zero-order valence-electron chi connectivity index (χ0n) is 10.0. The molecule has 19 heavy (non-hydrogen) atoms. The molecule has 1 aliphatic rings. The van der Waals surface area contributed by atoms with Crippen molar-refractivity contribution in [2.75, 3.05) is 10.5 Å². The van der Waals surface area contributed by atoms with Crippen molar-refractivity contribution in [2.24, 2.45) is 5.92 Å². The Hall–Kier alpha value is -1.34. The van der Waals surface area contributed by atoms with E-state index in [1.54, 1.807) is 0 Å². The largest absolute Gasteiger partial charge is 0.289 e. The maximum absolute atomic E-state index is 11.8. The molecule has 2 rings (SSSR count). The van der Waals surface area contributed by atoms with Gasteiger partial charge in [0.1, 0.15) is 5.02 Å². The lowest BCUT2D eigenvalue weighted by Crippen LogP contribution is -2.17. The average Bonchev–Trinajstić information content (AvgIpc) is 3.12. The summed E-state index contributed by atoms with van der Waals surface area (Å²) in [5, 5.41) is 10.7. The molecule has 0 atom stereocenters. The van der Waals surface area contributed by atoms with Crippen LogP contribution >= 0.6 is 11.6 Å². The molecule has 0 spiro atoms. The fraction of sp³-hybridized carbons (Fsp3) is 0.455. The van der Waals surface area contributed by atoms with Gasteiger partial charge < -0.3 is 0 Å². The minimum atomic E-state index is -3.46. The molecule has 1 saturated carbocycles. The minimum absolute atomic E-state index is 0.0223. The third-order valence-corrected chi connectivity index (χ3v) is 4.55. The Labute approximate surface area is 116 Å². The van der Waals surface area contributed by atoms with E-state index in [0.29, 0.717) is 12.3 Å². The molecule has 0 saturated heterocycles. The molecule has 0 unspecified atom stereocenters. The van der Waals surface area contributed by atoms with Crippen molar-refractivity contribution in [1.29, 1.82) is 0 Å². The van der Waals surface area contributed by atoms with Crippen molar-refractivity contribution in [3.8, 4) is 0 Å². The fourth-order valence-electron chi connectivity index (χ4n) is 1.68. The second-order valence-corrected chi connectivity index (χ2v) is 6.83. The van der Waals surface area contributed by atoms with Crippen molar-refractivity contribution in [3.05, 3.63) is 33.3 Å². The van der Waals surface area contributed by atoms with Crippen LogP contribution in [0.4, 0.5) is 11.4 Å². The van der Waals surface area contributed by atoms with Gasteiger partial charge in [-0.1, -0.05) is 24.4 Å². The molecule has 8 heteroatoms. The van der Waals surface area contributed by atoms with Crippen molar-refractivity contribution in [2.45, 2.75) is 19.3 Å². The topological polar surface area (TPSA) is 89.3 Å². The maximum atomic E-state index is 11.8. The Morgan fingerprint density at radius 1 is 1.42 bits per heavy atom. The first-order chi connectivity index (χ1) is 8.87. The van der Waals surface area contributed by atoms with Crippen LogP contribution in [0.1, 0.15) is 19.3 Å². The molecular weight excluding hydrogens is 292 g/mol. The Balaban J connectivity index is 2.09. The van der Waals surface area contributed by atoms with Gasteiger partial charge in [-0.3, -0.25) is 14.8 Å². The molecule has 0 heterocycles. The van der Waals surface area contributed by atoms with Crippen LogP contribution in [-0.4, -0.2) is 19.1 Å². The van der Waals surface area contributed by atoms with E-state index in [0.717, 1.165) is 18.9 Å². The highest BCUT2D eigenvalue weighted by molar-refractivity contribution is 7.92. The van der Waals surface area contributed by atoms with E-state index in [9.17, 15) is 18.5 Å². The number of hydrogen-bond acceptors (Lipinski definition) is 4. The van der Waals surface area contributed by atoms with Gasteiger partial charge in [0.05, 0.1) is 16.4 Å². The van der Waals surface area contributed by atoms with Crippen LogP contribution in [0.3, 0.4) is 0 Å². The Bertz CT molecular complexity index is 599. The monoisotopic (exact) mass is 304 g/mol. The molecule has 0 amide bonds. The number of nitro groups is 1. The quantitative estimate of drug-likeness (QED) is 0.646. The zero-order valence-corrected chi connectivity index (χ0v) is 11.6. The van der Waals surface area contributed by atoms with Crippen LogP contribution in [0.5, 0.6) is 0 Å². The van der Waals surface area contributed by atoms with Crippen molar-refractivity contribution in [1.82, 2.24) is 0 Å². The van der Waals surface area contributed by atoms with Crippen LogP contribution in [0.2, 0.25) is 5.02 Å². The van der Waals surface area contributed by atoms with Gasteiger partial charge in [0.15, 0.2) is 0 Å². The van der Waals surface area contributed by atoms with Gasteiger partial charge in [0.25, 0.3) is 5.69 Å². The summed E-state index contributed by atoms with van der Waals surface area (Å²) in [6.07, 6.45) is 2.80. The van der Waals surface area contributed by atoms with Crippen LogP contribution in [0, 0.1) is 16.0 Å². The summed E-state index contributed by atoms with van der Waals surface area (Å²) in [5.41, 5.74) is -0.157. The first-order valence-electron chi connectivity index (χ1n) is 5.82. The summed E-state index contributed by atoms with van der Waals surface area (Å²) in [6.45, 7) is 0. The van der Waals surface area contributed by atoms with E-state index in [1.165, 1.54) is 12.1 Å². The lowest BCUT2D eigenvalue weighted by atomic mass is 10.3. The average molecular weight is 305 g/mol. The van der Waals surface area contributed by atoms with Gasteiger partial charge in [0.2, 0.25) is 10.0 Å². The molecule has 6 nitrogen and oxygen atoms in total. The third kappa shape index (κ3) is 4.07. The molecule has 1 aromatic rings. The second kappa shape index (κ2) is 5.34. The number of sulfonamides is 1. The van der Waals surface area contributed by atoms with E-state index >= 15 is 0 Å². The first kappa shape index (κ1) is 14.1. The van der Waals surface area contributed by atoms with E-state index < -0.39 is 14.9 Å². The van der Waals surface area contributed by atoms with Crippen LogP contribution in [0.25, 0.3) is 0 Å². The first-order valence-corrected chi connectivity index (χ1v) is 7.85. The molecule has 0 bridgehead atoms. The summed E-state index contributed by atoms with van der Waals surface area (Å²) >= 11 is 5.65. The second-order valence-electron chi connectivity index (χ2n) is 4.58. The summed E-state index contributed by atoms with van der Waals surface area (Å²) in [4.78, 5) is 10.1. The SMILES string of the molecule is O=[N+]([O-])c1cc(NS(=O)(=O)CCC2CC2)ccc1Cl. The molecule has 104 valence electrons. The van der Waals surface area contributed by atoms with Gasteiger partial charge in [-0.15, -0.1) is 0 Å². The highest BCUT2D eigenvalue weighted by Gasteiger charge is 2.24. The van der Waals surface area contributed by atoms with Crippen molar-refractivity contribution < 1.29 is 13.3 Å². The van der Waals surface area contributed by atoms with E-state index in [4.69, 9.17) is 11.6 Å². The van der Waals surface area contributed by atoms with Gasteiger partial charge >= 0.3 is 0 Å².